The van der Waals surface area contributed by atoms with E-state index < -0.39 is 5.54 Å². The van der Waals surface area contributed by atoms with Crippen molar-refractivity contribution in [3.63, 3.8) is 0 Å². The predicted molar refractivity (Wildman–Crippen MR) is 52.9 cm³/mol. The van der Waals surface area contributed by atoms with Crippen LogP contribution in [0.15, 0.2) is 0 Å². The van der Waals surface area contributed by atoms with E-state index in [9.17, 15) is 4.79 Å². The zero-order chi connectivity index (χ0) is 10.1. The van der Waals surface area contributed by atoms with Gasteiger partial charge < -0.3 is 11.5 Å². The van der Waals surface area contributed by atoms with Gasteiger partial charge in [0.05, 0.1) is 5.54 Å². The van der Waals surface area contributed by atoms with Crippen LogP contribution in [0.25, 0.3) is 0 Å². The van der Waals surface area contributed by atoms with Crippen molar-refractivity contribution in [1.82, 2.24) is 0 Å². The minimum Gasteiger partial charge on any atom is -0.368 e. The molecule has 1 aliphatic rings. The van der Waals surface area contributed by atoms with E-state index in [1.807, 2.05) is 0 Å². The highest BCUT2D eigenvalue weighted by Gasteiger charge is 2.43. The molecular weight excluding hydrogens is 164 g/mol. The average Bonchev–Trinajstić information content (AvgIpc) is 2.04. The fraction of sp³-hybridized carbons (Fsp3) is 0.900. The lowest BCUT2D eigenvalue weighted by Crippen LogP contribution is -2.60. The third-order valence-corrected chi connectivity index (χ3v) is 3.28. The first-order chi connectivity index (χ1) is 5.98. The summed E-state index contributed by atoms with van der Waals surface area (Å²) in [5.74, 6) is 0.377. The second-order valence-corrected chi connectivity index (χ2v) is 4.50. The Morgan fingerprint density at radius 2 is 2.08 bits per heavy atom. The minimum atomic E-state index is -0.744. The monoisotopic (exact) mass is 184 g/mol. The maximum atomic E-state index is 11.3. The first kappa shape index (κ1) is 10.5. The molecule has 1 amide bonds. The molecule has 0 aromatic carbocycles. The van der Waals surface area contributed by atoms with Gasteiger partial charge in [0, 0.05) is 0 Å². The third-order valence-electron chi connectivity index (χ3n) is 3.28. The molecule has 3 nitrogen and oxygen atoms in total. The molecule has 1 aliphatic carbocycles. The summed E-state index contributed by atoms with van der Waals surface area (Å²) in [7, 11) is 0. The molecule has 0 radical (unpaired) electrons. The van der Waals surface area contributed by atoms with E-state index in [4.69, 9.17) is 11.5 Å². The molecule has 0 aliphatic heterocycles. The quantitative estimate of drug-likeness (QED) is 0.672. The van der Waals surface area contributed by atoms with E-state index in [0.717, 1.165) is 19.3 Å². The lowest BCUT2D eigenvalue weighted by molar-refractivity contribution is -0.127. The predicted octanol–water partition coefficient (Wildman–Crippen LogP) is 1.02. The fourth-order valence-electron chi connectivity index (χ4n) is 2.46. The highest BCUT2D eigenvalue weighted by molar-refractivity contribution is 5.84. The smallest absolute Gasteiger partial charge is 0.237 e. The van der Waals surface area contributed by atoms with Crippen LogP contribution in [0.2, 0.25) is 0 Å². The number of rotatable bonds is 2. The van der Waals surface area contributed by atoms with E-state index in [-0.39, 0.29) is 11.8 Å². The maximum Gasteiger partial charge on any atom is 0.237 e. The summed E-state index contributed by atoms with van der Waals surface area (Å²) < 4.78 is 0. The van der Waals surface area contributed by atoms with Gasteiger partial charge in [0.1, 0.15) is 0 Å². The Balaban J connectivity index is 2.83. The van der Waals surface area contributed by atoms with Gasteiger partial charge >= 0.3 is 0 Å². The molecular formula is C10H20N2O. The Labute approximate surface area is 79.9 Å². The maximum absolute atomic E-state index is 11.3. The molecule has 1 fully saturated rings. The van der Waals surface area contributed by atoms with Crippen LogP contribution in [-0.4, -0.2) is 11.4 Å². The largest absolute Gasteiger partial charge is 0.368 e. The molecule has 0 heterocycles. The van der Waals surface area contributed by atoms with Gasteiger partial charge in [-0.05, 0) is 24.7 Å². The molecule has 3 heteroatoms. The van der Waals surface area contributed by atoms with E-state index in [1.54, 1.807) is 0 Å². The fourth-order valence-corrected chi connectivity index (χ4v) is 2.46. The van der Waals surface area contributed by atoms with Gasteiger partial charge in [-0.15, -0.1) is 0 Å². The van der Waals surface area contributed by atoms with Crippen LogP contribution < -0.4 is 11.5 Å². The molecule has 4 N–H and O–H groups in total. The van der Waals surface area contributed by atoms with Gasteiger partial charge in [-0.25, -0.2) is 0 Å². The van der Waals surface area contributed by atoms with Gasteiger partial charge in [0.2, 0.25) is 5.91 Å². The van der Waals surface area contributed by atoms with E-state index in [2.05, 4.69) is 13.8 Å². The second kappa shape index (κ2) is 3.66. The van der Waals surface area contributed by atoms with Gasteiger partial charge in [0.25, 0.3) is 0 Å². The summed E-state index contributed by atoms with van der Waals surface area (Å²) in [5.41, 5.74) is 10.7. The van der Waals surface area contributed by atoms with Crippen LogP contribution in [0.1, 0.15) is 39.5 Å². The molecule has 2 atom stereocenters. The summed E-state index contributed by atoms with van der Waals surface area (Å²) in [4.78, 5) is 11.3. The van der Waals surface area contributed by atoms with Crippen molar-refractivity contribution in [3.05, 3.63) is 0 Å². The second-order valence-electron chi connectivity index (χ2n) is 4.50. The Hall–Kier alpha value is -0.570. The Morgan fingerprint density at radius 3 is 2.46 bits per heavy atom. The number of hydrogen-bond acceptors (Lipinski definition) is 2. The molecule has 2 unspecified atom stereocenters. The molecule has 1 saturated carbocycles. The van der Waals surface area contributed by atoms with E-state index in [0.29, 0.717) is 5.92 Å². The van der Waals surface area contributed by atoms with Crippen molar-refractivity contribution in [2.45, 2.75) is 45.1 Å². The zero-order valence-electron chi connectivity index (χ0n) is 8.55. The third kappa shape index (κ3) is 1.85. The number of carbonyl (C=O) groups is 1. The lowest BCUT2D eigenvalue weighted by atomic mass is 9.68. The Kier molecular flexibility index (Phi) is 2.96. The van der Waals surface area contributed by atoms with Gasteiger partial charge in [-0.1, -0.05) is 26.7 Å². The molecule has 1 rings (SSSR count). The lowest BCUT2D eigenvalue weighted by Gasteiger charge is -2.40. The summed E-state index contributed by atoms with van der Waals surface area (Å²) in [5, 5.41) is 0. The summed E-state index contributed by atoms with van der Waals surface area (Å²) in [6.45, 7) is 4.22. The SMILES string of the molecule is CC(C)C1CCCCC1(N)C(N)=O. The van der Waals surface area contributed by atoms with Gasteiger partial charge in [-0.2, -0.15) is 0 Å². The zero-order valence-corrected chi connectivity index (χ0v) is 8.55. The summed E-state index contributed by atoms with van der Waals surface area (Å²) in [6.07, 6.45) is 4.00. The van der Waals surface area contributed by atoms with Crippen LogP contribution in [0.4, 0.5) is 0 Å². The number of hydrogen-bond donors (Lipinski definition) is 2. The first-order valence-electron chi connectivity index (χ1n) is 5.07. The number of amides is 1. The van der Waals surface area contributed by atoms with Crippen molar-refractivity contribution in [2.75, 3.05) is 0 Å². The molecule has 0 bridgehead atoms. The van der Waals surface area contributed by atoms with Gasteiger partial charge in [0.15, 0.2) is 0 Å². The average molecular weight is 184 g/mol. The Bertz CT molecular complexity index is 203. The van der Waals surface area contributed by atoms with Crippen molar-refractivity contribution in [1.29, 1.82) is 0 Å². The molecule has 0 spiro atoms. The standard InChI is InChI=1S/C10H20N2O/c1-7(2)8-5-3-4-6-10(8,12)9(11)13/h7-8H,3-6,12H2,1-2H3,(H2,11,13). The topological polar surface area (TPSA) is 69.1 Å². The normalized spacial score (nSPS) is 34.9. The number of carbonyl (C=O) groups excluding carboxylic acids is 1. The molecule has 0 aromatic heterocycles. The molecule has 0 saturated heterocycles. The van der Waals surface area contributed by atoms with Crippen LogP contribution in [0.5, 0.6) is 0 Å². The van der Waals surface area contributed by atoms with Crippen LogP contribution in [0, 0.1) is 11.8 Å². The first-order valence-corrected chi connectivity index (χ1v) is 5.07. The minimum absolute atomic E-state index is 0.263. The van der Waals surface area contributed by atoms with Crippen molar-refractivity contribution in [3.8, 4) is 0 Å². The summed E-state index contributed by atoms with van der Waals surface area (Å²) >= 11 is 0. The van der Waals surface area contributed by atoms with Gasteiger partial charge in [-0.3, -0.25) is 4.79 Å². The summed E-state index contributed by atoms with van der Waals surface area (Å²) in [6, 6.07) is 0. The van der Waals surface area contributed by atoms with Crippen molar-refractivity contribution >= 4 is 5.91 Å². The number of primary amides is 1. The van der Waals surface area contributed by atoms with Crippen molar-refractivity contribution < 1.29 is 4.79 Å². The highest BCUT2D eigenvalue weighted by Crippen LogP contribution is 2.36. The van der Waals surface area contributed by atoms with E-state index >= 15 is 0 Å². The number of nitrogens with two attached hydrogens (primary N) is 2. The highest BCUT2D eigenvalue weighted by atomic mass is 16.1. The van der Waals surface area contributed by atoms with Crippen LogP contribution >= 0.6 is 0 Å². The molecule has 76 valence electrons. The molecule has 13 heavy (non-hydrogen) atoms. The van der Waals surface area contributed by atoms with Crippen LogP contribution in [-0.2, 0) is 4.79 Å². The Morgan fingerprint density at radius 1 is 1.46 bits per heavy atom. The van der Waals surface area contributed by atoms with Crippen LogP contribution in [0.3, 0.4) is 0 Å². The molecule has 0 aromatic rings. The van der Waals surface area contributed by atoms with E-state index in [1.165, 1.54) is 6.42 Å². The van der Waals surface area contributed by atoms with Crippen molar-refractivity contribution in [2.24, 2.45) is 23.3 Å².